The van der Waals surface area contributed by atoms with Crippen LogP contribution in [0.5, 0.6) is 0 Å². The molecular weight excluding hydrogens is 264 g/mol. The fourth-order valence-corrected chi connectivity index (χ4v) is 3.08. The highest BCUT2D eigenvalue weighted by Gasteiger charge is 2.28. The van der Waals surface area contributed by atoms with Gasteiger partial charge in [0.25, 0.3) is 0 Å². The summed E-state index contributed by atoms with van der Waals surface area (Å²) in [5.41, 5.74) is 3.74. The van der Waals surface area contributed by atoms with Crippen LogP contribution in [-0.2, 0) is 24.9 Å². The van der Waals surface area contributed by atoms with Gasteiger partial charge >= 0.3 is 0 Å². The van der Waals surface area contributed by atoms with E-state index in [0.29, 0.717) is 5.92 Å². The molecule has 1 aliphatic heterocycles. The Kier molecular flexibility index (Phi) is 4.31. The second kappa shape index (κ2) is 6.37. The molecule has 0 fully saturated rings. The Hall–Kier alpha value is -1.72. The number of hydrogen-bond acceptors (Lipinski definition) is 4. The second-order valence-electron chi connectivity index (χ2n) is 5.53. The summed E-state index contributed by atoms with van der Waals surface area (Å²) in [6.45, 7) is 6.34. The summed E-state index contributed by atoms with van der Waals surface area (Å²) in [5.74, 6) is 0.380. The molecule has 1 atom stereocenters. The Balaban J connectivity index is 1.77. The van der Waals surface area contributed by atoms with E-state index in [2.05, 4.69) is 21.0 Å². The average molecular weight is 286 g/mol. The lowest BCUT2D eigenvalue weighted by atomic mass is 9.97. The first-order valence-electron chi connectivity index (χ1n) is 7.48. The van der Waals surface area contributed by atoms with Crippen LogP contribution in [0.15, 0.2) is 30.6 Å². The van der Waals surface area contributed by atoms with E-state index in [1.807, 2.05) is 43.2 Å². The molecule has 0 amide bonds. The molecule has 0 saturated carbocycles. The minimum absolute atomic E-state index is 0.380. The highest BCUT2D eigenvalue weighted by molar-refractivity contribution is 5.25. The predicted octanol–water partition coefficient (Wildman–Crippen LogP) is 1.95. The molecule has 0 aromatic carbocycles. The summed E-state index contributed by atoms with van der Waals surface area (Å²) in [7, 11) is 2.02. The molecule has 0 unspecified atom stereocenters. The third kappa shape index (κ3) is 3.14. The molecule has 0 bridgehead atoms. The fraction of sp³-hybridized carbons (Fsp3) is 0.500. The van der Waals surface area contributed by atoms with Gasteiger partial charge in [0.15, 0.2) is 0 Å². The Morgan fingerprint density at radius 3 is 3.05 bits per heavy atom. The van der Waals surface area contributed by atoms with E-state index in [0.717, 1.165) is 38.5 Å². The number of pyridine rings is 1. The topological polar surface area (TPSA) is 43.2 Å². The molecule has 5 heteroatoms. The maximum absolute atomic E-state index is 5.67. The molecule has 0 radical (unpaired) electrons. The third-order valence-electron chi connectivity index (χ3n) is 3.96. The van der Waals surface area contributed by atoms with Gasteiger partial charge in [0.1, 0.15) is 0 Å². The summed E-state index contributed by atoms with van der Waals surface area (Å²) in [4.78, 5) is 6.85. The standard InChI is InChI=1S/C16H22N4O/c1-3-21-12-14-10-20(11-15-6-4-5-7-17-15)9-13-8-18-19(2)16(13)14/h4-8,14H,3,9-12H2,1-2H3/t14-/m1/s1. The van der Waals surface area contributed by atoms with E-state index in [9.17, 15) is 0 Å². The van der Waals surface area contributed by atoms with E-state index in [1.54, 1.807) is 0 Å². The van der Waals surface area contributed by atoms with Gasteiger partial charge in [-0.05, 0) is 19.1 Å². The molecule has 0 aliphatic carbocycles. The SMILES string of the molecule is CCOC[C@H]1CN(Cc2ccccn2)Cc2cnn(C)c21. The summed E-state index contributed by atoms with van der Waals surface area (Å²) in [6.07, 6.45) is 3.84. The van der Waals surface area contributed by atoms with Crippen LogP contribution in [-0.4, -0.2) is 39.4 Å². The zero-order valence-corrected chi connectivity index (χ0v) is 12.7. The average Bonchev–Trinajstić information content (AvgIpc) is 2.87. The van der Waals surface area contributed by atoms with Gasteiger partial charge in [0.05, 0.1) is 18.5 Å². The van der Waals surface area contributed by atoms with Crippen molar-refractivity contribution in [2.24, 2.45) is 7.05 Å². The van der Waals surface area contributed by atoms with Crippen molar-refractivity contribution in [3.63, 3.8) is 0 Å². The number of fused-ring (bicyclic) bond motifs is 1. The summed E-state index contributed by atoms with van der Waals surface area (Å²) < 4.78 is 7.67. The van der Waals surface area contributed by atoms with E-state index in [-0.39, 0.29) is 0 Å². The van der Waals surface area contributed by atoms with Crippen molar-refractivity contribution >= 4 is 0 Å². The molecule has 0 spiro atoms. The molecule has 1 aliphatic rings. The fourth-order valence-electron chi connectivity index (χ4n) is 3.08. The monoisotopic (exact) mass is 286 g/mol. The lowest BCUT2D eigenvalue weighted by Gasteiger charge is -2.32. The van der Waals surface area contributed by atoms with E-state index in [4.69, 9.17) is 4.74 Å². The Bertz CT molecular complexity index is 581. The van der Waals surface area contributed by atoms with Gasteiger partial charge in [-0.3, -0.25) is 14.6 Å². The van der Waals surface area contributed by atoms with Crippen molar-refractivity contribution in [2.45, 2.75) is 25.9 Å². The van der Waals surface area contributed by atoms with Crippen molar-refractivity contribution in [1.29, 1.82) is 0 Å². The van der Waals surface area contributed by atoms with Gasteiger partial charge in [0, 0.05) is 56.7 Å². The maximum Gasteiger partial charge on any atom is 0.0562 e. The van der Waals surface area contributed by atoms with Crippen molar-refractivity contribution < 1.29 is 4.74 Å². The van der Waals surface area contributed by atoms with Crippen LogP contribution in [0.1, 0.15) is 29.8 Å². The Morgan fingerprint density at radius 1 is 1.38 bits per heavy atom. The summed E-state index contributed by atoms with van der Waals surface area (Å²) >= 11 is 0. The lowest BCUT2D eigenvalue weighted by Crippen LogP contribution is -2.35. The predicted molar refractivity (Wildman–Crippen MR) is 80.8 cm³/mol. The molecule has 2 aromatic rings. The van der Waals surface area contributed by atoms with Crippen molar-refractivity contribution in [3.05, 3.63) is 47.5 Å². The smallest absolute Gasteiger partial charge is 0.0562 e. The first-order chi connectivity index (χ1) is 10.3. The van der Waals surface area contributed by atoms with Gasteiger partial charge in [-0.15, -0.1) is 0 Å². The van der Waals surface area contributed by atoms with Crippen LogP contribution in [0.3, 0.4) is 0 Å². The van der Waals surface area contributed by atoms with Crippen LogP contribution in [0.25, 0.3) is 0 Å². The van der Waals surface area contributed by atoms with E-state index in [1.165, 1.54) is 11.3 Å². The minimum Gasteiger partial charge on any atom is -0.381 e. The van der Waals surface area contributed by atoms with Crippen molar-refractivity contribution in [2.75, 3.05) is 19.8 Å². The van der Waals surface area contributed by atoms with Gasteiger partial charge in [-0.25, -0.2) is 0 Å². The van der Waals surface area contributed by atoms with Crippen molar-refractivity contribution in [1.82, 2.24) is 19.7 Å². The van der Waals surface area contributed by atoms with Crippen LogP contribution < -0.4 is 0 Å². The second-order valence-corrected chi connectivity index (χ2v) is 5.53. The quantitative estimate of drug-likeness (QED) is 0.842. The number of hydrogen-bond donors (Lipinski definition) is 0. The van der Waals surface area contributed by atoms with Gasteiger partial charge in [-0.1, -0.05) is 6.07 Å². The summed E-state index contributed by atoms with van der Waals surface area (Å²) in [6, 6.07) is 6.08. The number of aromatic nitrogens is 3. The minimum atomic E-state index is 0.380. The van der Waals surface area contributed by atoms with Crippen LogP contribution in [0.2, 0.25) is 0 Å². The Morgan fingerprint density at radius 2 is 2.29 bits per heavy atom. The first kappa shape index (κ1) is 14.2. The van der Waals surface area contributed by atoms with Gasteiger partial charge < -0.3 is 4.74 Å². The molecule has 0 N–H and O–H groups in total. The van der Waals surface area contributed by atoms with Gasteiger partial charge in [0.2, 0.25) is 0 Å². The summed E-state index contributed by atoms with van der Waals surface area (Å²) in [5, 5.41) is 4.42. The maximum atomic E-state index is 5.67. The molecule has 21 heavy (non-hydrogen) atoms. The van der Waals surface area contributed by atoms with E-state index >= 15 is 0 Å². The lowest BCUT2D eigenvalue weighted by molar-refractivity contribution is 0.102. The third-order valence-corrected chi connectivity index (χ3v) is 3.96. The number of nitrogens with zero attached hydrogens (tertiary/aromatic N) is 4. The molecule has 5 nitrogen and oxygen atoms in total. The number of ether oxygens (including phenoxy) is 1. The largest absolute Gasteiger partial charge is 0.381 e. The zero-order valence-electron chi connectivity index (χ0n) is 12.7. The highest BCUT2D eigenvalue weighted by Crippen LogP contribution is 2.28. The molecule has 3 rings (SSSR count). The Labute approximate surface area is 125 Å². The van der Waals surface area contributed by atoms with Crippen LogP contribution >= 0.6 is 0 Å². The molecule has 2 aromatic heterocycles. The molecule has 112 valence electrons. The first-order valence-corrected chi connectivity index (χ1v) is 7.48. The van der Waals surface area contributed by atoms with Crippen LogP contribution in [0, 0.1) is 0 Å². The van der Waals surface area contributed by atoms with Crippen molar-refractivity contribution in [3.8, 4) is 0 Å². The van der Waals surface area contributed by atoms with E-state index < -0.39 is 0 Å². The normalized spacial score (nSPS) is 18.7. The number of rotatable bonds is 5. The zero-order chi connectivity index (χ0) is 14.7. The highest BCUT2D eigenvalue weighted by atomic mass is 16.5. The number of aryl methyl sites for hydroxylation is 1. The molecule has 3 heterocycles. The molecule has 0 saturated heterocycles. The molecular formula is C16H22N4O. The van der Waals surface area contributed by atoms with Gasteiger partial charge in [-0.2, -0.15) is 5.10 Å². The van der Waals surface area contributed by atoms with Crippen LogP contribution in [0.4, 0.5) is 0 Å².